The minimum atomic E-state index is -0.914. The van der Waals surface area contributed by atoms with Crippen LogP contribution in [-0.2, 0) is 9.59 Å². The van der Waals surface area contributed by atoms with Crippen molar-refractivity contribution in [3.8, 4) is 0 Å². The lowest BCUT2D eigenvalue weighted by molar-refractivity contribution is -0.142. The zero-order valence-corrected chi connectivity index (χ0v) is 8.15. The summed E-state index contributed by atoms with van der Waals surface area (Å²) in [6.07, 6.45) is -0.0746. The predicted octanol–water partition coefficient (Wildman–Crippen LogP) is 0.716. The van der Waals surface area contributed by atoms with E-state index in [1.807, 2.05) is 13.8 Å². The van der Waals surface area contributed by atoms with Gasteiger partial charge in [-0.25, -0.2) is 0 Å². The predicted molar refractivity (Wildman–Crippen MR) is 47.2 cm³/mol. The molecule has 3 unspecified atom stereocenters. The molecule has 74 valence electrons. The quantitative estimate of drug-likeness (QED) is 0.659. The highest BCUT2D eigenvalue weighted by Gasteiger charge is 2.45. The van der Waals surface area contributed by atoms with Crippen LogP contribution in [0.15, 0.2) is 0 Å². The van der Waals surface area contributed by atoms with E-state index in [4.69, 9.17) is 5.11 Å². The molecular weight excluding hydrogens is 170 g/mol. The molecular formula is C9H15NO3. The van der Waals surface area contributed by atoms with Gasteiger partial charge in [0.1, 0.15) is 0 Å². The first kappa shape index (κ1) is 10.0. The molecule has 1 heterocycles. The van der Waals surface area contributed by atoms with Crippen molar-refractivity contribution in [3.63, 3.8) is 0 Å². The molecule has 1 fully saturated rings. The standard InChI is InChI=1S/C9H15NO3/c1-5(4-8(11)12)9(13)10-6(2)7(10)3/h5-7H,4H2,1-3H3,(H,11,12). The summed E-state index contributed by atoms with van der Waals surface area (Å²) in [5, 5.41) is 8.50. The molecule has 0 aromatic heterocycles. The van der Waals surface area contributed by atoms with E-state index in [0.717, 1.165) is 0 Å². The van der Waals surface area contributed by atoms with Crippen LogP contribution in [-0.4, -0.2) is 34.0 Å². The SMILES string of the molecule is CC(CC(=O)O)C(=O)N1C(C)C1C. The molecule has 1 rings (SSSR count). The molecule has 0 spiro atoms. The van der Waals surface area contributed by atoms with Gasteiger partial charge in [-0.1, -0.05) is 6.92 Å². The van der Waals surface area contributed by atoms with E-state index in [1.165, 1.54) is 0 Å². The fourth-order valence-corrected chi connectivity index (χ4v) is 1.51. The normalized spacial score (nSPS) is 28.4. The van der Waals surface area contributed by atoms with Gasteiger partial charge in [-0.15, -0.1) is 0 Å². The zero-order chi connectivity index (χ0) is 10.2. The summed E-state index contributed by atoms with van der Waals surface area (Å²) in [7, 11) is 0. The Morgan fingerprint density at radius 2 is 1.85 bits per heavy atom. The molecule has 1 aliphatic heterocycles. The average molecular weight is 185 g/mol. The van der Waals surface area contributed by atoms with Crippen molar-refractivity contribution in [3.05, 3.63) is 0 Å². The molecule has 1 amide bonds. The van der Waals surface area contributed by atoms with E-state index in [0.29, 0.717) is 0 Å². The third-order valence-electron chi connectivity index (χ3n) is 2.64. The van der Waals surface area contributed by atoms with Crippen molar-refractivity contribution in [2.75, 3.05) is 0 Å². The van der Waals surface area contributed by atoms with Crippen molar-refractivity contribution >= 4 is 11.9 Å². The van der Waals surface area contributed by atoms with E-state index in [-0.39, 0.29) is 24.4 Å². The Bertz CT molecular complexity index is 231. The lowest BCUT2D eigenvalue weighted by Gasteiger charge is -2.09. The third-order valence-corrected chi connectivity index (χ3v) is 2.64. The molecule has 0 radical (unpaired) electrons. The van der Waals surface area contributed by atoms with E-state index in [2.05, 4.69) is 0 Å². The number of hydrogen-bond donors (Lipinski definition) is 1. The van der Waals surface area contributed by atoms with Gasteiger partial charge in [0, 0.05) is 18.0 Å². The van der Waals surface area contributed by atoms with Gasteiger partial charge in [-0.05, 0) is 13.8 Å². The van der Waals surface area contributed by atoms with Crippen LogP contribution in [0.5, 0.6) is 0 Å². The summed E-state index contributed by atoms with van der Waals surface area (Å²) in [5.74, 6) is -1.35. The number of carboxylic acid groups (broad SMARTS) is 1. The summed E-state index contributed by atoms with van der Waals surface area (Å²) in [6, 6.07) is 0.562. The number of rotatable bonds is 3. The second kappa shape index (κ2) is 3.36. The van der Waals surface area contributed by atoms with Crippen molar-refractivity contribution in [2.45, 2.75) is 39.3 Å². The van der Waals surface area contributed by atoms with Crippen LogP contribution in [0, 0.1) is 5.92 Å². The van der Waals surface area contributed by atoms with Crippen LogP contribution in [0.1, 0.15) is 27.2 Å². The fraction of sp³-hybridized carbons (Fsp3) is 0.778. The maximum atomic E-state index is 11.5. The second-order valence-electron chi connectivity index (χ2n) is 3.73. The minimum absolute atomic E-state index is 0.0394. The Morgan fingerprint density at radius 1 is 1.38 bits per heavy atom. The average Bonchev–Trinajstić information content (AvgIpc) is 2.57. The van der Waals surface area contributed by atoms with Gasteiger partial charge < -0.3 is 10.0 Å². The van der Waals surface area contributed by atoms with Crippen LogP contribution in [0.25, 0.3) is 0 Å². The molecule has 0 saturated carbocycles. The fourth-order valence-electron chi connectivity index (χ4n) is 1.51. The topological polar surface area (TPSA) is 57.4 Å². The first-order chi connectivity index (χ1) is 5.95. The molecule has 0 aliphatic carbocycles. The van der Waals surface area contributed by atoms with Gasteiger partial charge in [-0.3, -0.25) is 9.59 Å². The molecule has 3 atom stereocenters. The monoisotopic (exact) mass is 185 g/mol. The van der Waals surface area contributed by atoms with Gasteiger partial charge in [0.25, 0.3) is 0 Å². The van der Waals surface area contributed by atoms with Gasteiger partial charge in [0.05, 0.1) is 6.42 Å². The molecule has 0 aromatic rings. The summed E-state index contributed by atoms with van der Waals surface area (Å²) >= 11 is 0. The summed E-state index contributed by atoms with van der Waals surface area (Å²) in [6.45, 7) is 5.60. The highest BCUT2D eigenvalue weighted by Crippen LogP contribution is 2.29. The third kappa shape index (κ3) is 1.99. The lowest BCUT2D eigenvalue weighted by Crippen LogP contribution is -2.24. The van der Waals surface area contributed by atoms with Crippen LogP contribution >= 0.6 is 0 Å². The highest BCUT2D eigenvalue weighted by atomic mass is 16.4. The molecule has 13 heavy (non-hydrogen) atoms. The van der Waals surface area contributed by atoms with Gasteiger partial charge in [-0.2, -0.15) is 0 Å². The Morgan fingerprint density at radius 3 is 2.15 bits per heavy atom. The number of carboxylic acids is 1. The molecule has 0 bridgehead atoms. The molecule has 0 aromatic carbocycles. The first-order valence-corrected chi connectivity index (χ1v) is 4.49. The molecule has 1 saturated heterocycles. The van der Waals surface area contributed by atoms with Crippen molar-refractivity contribution in [1.29, 1.82) is 0 Å². The van der Waals surface area contributed by atoms with Gasteiger partial charge >= 0.3 is 5.97 Å². The summed E-state index contributed by atoms with van der Waals surface area (Å²) in [5.41, 5.74) is 0. The van der Waals surface area contributed by atoms with E-state index < -0.39 is 11.9 Å². The number of amides is 1. The van der Waals surface area contributed by atoms with E-state index >= 15 is 0 Å². The van der Waals surface area contributed by atoms with Crippen molar-refractivity contribution in [2.24, 2.45) is 5.92 Å². The number of carbonyl (C=O) groups excluding carboxylic acids is 1. The highest BCUT2D eigenvalue weighted by molar-refractivity contribution is 5.85. The molecule has 1 N–H and O–H groups in total. The summed E-state index contributed by atoms with van der Waals surface area (Å²) in [4.78, 5) is 23.6. The Labute approximate surface area is 77.5 Å². The smallest absolute Gasteiger partial charge is 0.304 e. The molecule has 1 aliphatic rings. The Balaban J connectivity index is 2.44. The second-order valence-corrected chi connectivity index (χ2v) is 3.73. The van der Waals surface area contributed by atoms with Gasteiger partial charge in [0.15, 0.2) is 0 Å². The van der Waals surface area contributed by atoms with E-state index in [1.54, 1.807) is 11.8 Å². The number of nitrogens with zero attached hydrogens (tertiary/aromatic N) is 1. The Kier molecular flexibility index (Phi) is 2.59. The number of carbonyl (C=O) groups is 2. The van der Waals surface area contributed by atoms with Crippen LogP contribution < -0.4 is 0 Å². The minimum Gasteiger partial charge on any atom is -0.481 e. The largest absolute Gasteiger partial charge is 0.481 e. The van der Waals surface area contributed by atoms with E-state index in [9.17, 15) is 9.59 Å². The first-order valence-electron chi connectivity index (χ1n) is 4.49. The maximum absolute atomic E-state index is 11.5. The molecule has 4 heteroatoms. The van der Waals surface area contributed by atoms with Crippen LogP contribution in [0.2, 0.25) is 0 Å². The number of aliphatic carboxylic acids is 1. The maximum Gasteiger partial charge on any atom is 0.304 e. The van der Waals surface area contributed by atoms with Crippen LogP contribution in [0.3, 0.4) is 0 Å². The zero-order valence-electron chi connectivity index (χ0n) is 8.15. The van der Waals surface area contributed by atoms with Gasteiger partial charge in [0.2, 0.25) is 5.91 Å². The summed E-state index contributed by atoms with van der Waals surface area (Å²) < 4.78 is 0. The lowest BCUT2D eigenvalue weighted by atomic mass is 10.1. The molecule has 4 nitrogen and oxygen atoms in total. The van der Waals surface area contributed by atoms with Crippen LogP contribution in [0.4, 0.5) is 0 Å². The Hall–Kier alpha value is -1.06. The van der Waals surface area contributed by atoms with Crippen molar-refractivity contribution in [1.82, 2.24) is 4.90 Å². The number of hydrogen-bond acceptors (Lipinski definition) is 2. The van der Waals surface area contributed by atoms with Crippen molar-refractivity contribution < 1.29 is 14.7 Å².